The molecule has 2 aromatic carbocycles. The number of nitrogens with zero attached hydrogens (tertiary/aromatic N) is 3. The number of carbonyl (C=O) groups excluding carboxylic acids is 1. The third kappa shape index (κ3) is 4.35. The number of allylic oxidation sites excluding steroid dienone is 1. The monoisotopic (exact) mass is 447 g/mol. The maximum atomic E-state index is 13.2. The molecule has 0 aliphatic heterocycles. The van der Waals surface area contributed by atoms with Crippen molar-refractivity contribution in [2.45, 2.75) is 11.8 Å². The highest BCUT2D eigenvalue weighted by Gasteiger charge is 2.18. The highest BCUT2D eigenvalue weighted by molar-refractivity contribution is 7.89. The lowest BCUT2D eigenvalue weighted by Crippen LogP contribution is -2.22. The van der Waals surface area contributed by atoms with Crippen molar-refractivity contribution in [3.8, 4) is 5.69 Å². The molecule has 0 bridgehead atoms. The number of ketones is 1. The maximum Gasteiger partial charge on any atom is 0.242 e. The van der Waals surface area contributed by atoms with Crippen LogP contribution < -0.4 is 0 Å². The second kappa shape index (κ2) is 8.51. The molecule has 0 radical (unpaired) electrons. The zero-order valence-electron chi connectivity index (χ0n) is 16.5. The number of rotatable bonds is 6. The Morgan fingerprint density at radius 2 is 1.83 bits per heavy atom. The lowest BCUT2D eigenvalue weighted by molar-refractivity contribution is 0.104. The molecule has 0 spiro atoms. The number of hydrogen-bond acceptors (Lipinski definition) is 4. The predicted octanol–water partition coefficient (Wildman–Crippen LogP) is 4.12. The summed E-state index contributed by atoms with van der Waals surface area (Å²) in [6.45, 7) is 1.74. The van der Waals surface area contributed by atoms with Crippen molar-refractivity contribution in [3.05, 3.63) is 82.4 Å². The second-order valence-corrected chi connectivity index (χ2v) is 9.20. The quantitative estimate of drug-likeness (QED) is 0.421. The van der Waals surface area contributed by atoms with Crippen molar-refractivity contribution in [1.29, 1.82) is 0 Å². The van der Waals surface area contributed by atoms with Crippen molar-refractivity contribution in [3.63, 3.8) is 0 Å². The zero-order chi connectivity index (χ0) is 22.1. The number of carbonyl (C=O) groups is 1. The second-order valence-electron chi connectivity index (χ2n) is 6.69. The van der Waals surface area contributed by atoms with Gasteiger partial charge in [-0.1, -0.05) is 23.7 Å². The van der Waals surface area contributed by atoms with E-state index in [0.717, 1.165) is 4.31 Å². The SMILES string of the molecule is Cc1nn(-c2ccc(F)cc2)c(Cl)c1/C=C/C(=O)c1cccc(S(=O)(=O)N(C)C)c1. The van der Waals surface area contributed by atoms with Gasteiger partial charge in [-0.3, -0.25) is 4.79 Å². The Morgan fingerprint density at radius 3 is 2.47 bits per heavy atom. The maximum absolute atomic E-state index is 13.2. The summed E-state index contributed by atoms with van der Waals surface area (Å²) in [7, 11) is -0.800. The molecule has 156 valence electrons. The van der Waals surface area contributed by atoms with Crippen LogP contribution in [0.15, 0.2) is 59.5 Å². The molecule has 3 rings (SSSR count). The smallest absolute Gasteiger partial charge is 0.242 e. The van der Waals surface area contributed by atoms with Gasteiger partial charge in [-0.25, -0.2) is 21.8 Å². The fourth-order valence-electron chi connectivity index (χ4n) is 2.73. The van der Waals surface area contributed by atoms with E-state index in [-0.39, 0.29) is 27.2 Å². The Bertz CT molecular complexity index is 1230. The van der Waals surface area contributed by atoms with E-state index in [1.165, 1.54) is 67.3 Å². The normalized spacial score (nSPS) is 12.1. The van der Waals surface area contributed by atoms with Crippen LogP contribution in [0.1, 0.15) is 21.6 Å². The first-order valence-electron chi connectivity index (χ1n) is 8.87. The molecule has 0 aliphatic rings. The number of hydrogen-bond donors (Lipinski definition) is 0. The Labute approximate surface area is 179 Å². The van der Waals surface area contributed by atoms with E-state index in [9.17, 15) is 17.6 Å². The lowest BCUT2D eigenvalue weighted by atomic mass is 10.1. The average Bonchev–Trinajstić information content (AvgIpc) is 3.00. The summed E-state index contributed by atoms with van der Waals surface area (Å²) in [6, 6.07) is 11.5. The van der Waals surface area contributed by atoms with Crippen LogP contribution in [0.5, 0.6) is 0 Å². The number of aromatic nitrogens is 2. The molecule has 1 heterocycles. The van der Waals surface area contributed by atoms with Gasteiger partial charge in [0.1, 0.15) is 11.0 Å². The van der Waals surface area contributed by atoms with Gasteiger partial charge in [-0.2, -0.15) is 5.10 Å². The Kier molecular flexibility index (Phi) is 6.21. The van der Waals surface area contributed by atoms with Crippen LogP contribution in [0.2, 0.25) is 5.15 Å². The first-order valence-corrected chi connectivity index (χ1v) is 10.7. The number of sulfonamides is 1. The highest BCUT2D eigenvalue weighted by Crippen LogP contribution is 2.25. The molecule has 0 atom stereocenters. The summed E-state index contributed by atoms with van der Waals surface area (Å²) in [6.07, 6.45) is 2.84. The third-order valence-corrected chi connectivity index (χ3v) is 6.59. The van der Waals surface area contributed by atoms with Gasteiger partial charge < -0.3 is 0 Å². The van der Waals surface area contributed by atoms with Crippen LogP contribution in [0.25, 0.3) is 11.8 Å². The van der Waals surface area contributed by atoms with Gasteiger partial charge in [0.15, 0.2) is 5.78 Å². The van der Waals surface area contributed by atoms with E-state index in [1.54, 1.807) is 19.1 Å². The lowest BCUT2D eigenvalue weighted by Gasteiger charge is -2.11. The van der Waals surface area contributed by atoms with Crippen LogP contribution in [0, 0.1) is 12.7 Å². The van der Waals surface area contributed by atoms with Crippen LogP contribution in [-0.4, -0.2) is 42.4 Å². The van der Waals surface area contributed by atoms with Crippen LogP contribution in [0.4, 0.5) is 4.39 Å². The van der Waals surface area contributed by atoms with E-state index in [2.05, 4.69) is 5.10 Å². The molecule has 0 fully saturated rings. The van der Waals surface area contributed by atoms with Crippen LogP contribution >= 0.6 is 11.6 Å². The van der Waals surface area contributed by atoms with E-state index in [0.29, 0.717) is 16.9 Å². The largest absolute Gasteiger partial charge is 0.289 e. The summed E-state index contributed by atoms with van der Waals surface area (Å²) >= 11 is 6.41. The molecule has 1 aromatic heterocycles. The van der Waals surface area contributed by atoms with Crippen molar-refractivity contribution in [1.82, 2.24) is 14.1 Å². The van der Waals surface area contributed by atoms with Crippen molar-refractivity contribution in [2.24, 2.45) is 0 Å². The van der Waals surface area contributed by atoms with E-state index in [4.69, 9.17) is 11.6 Å². The van der Waals surface area contributed by atoms with Gasteiger partial charge in [0.25, 0.3) is 0 Å². The molecule has 6 nitrogen and oxygen atoms in total. The first-order chi connectivity index (χ1) is 14.1. The molecule has 9 heteroatoms. The standard InChI is InChI=1S/C21H19ClFN3O3S/c1-14-19(21(22)26(24-14)17-9-7-16(23)8-10-17)11-12-20(27)15-5-4-6-18(13-15)30(28,29)25(2)3/h4-13H,1-3H3/b12-11+. The Hall–Kier alpha value is -2.81. The zero-order valence-corrected chi connectivity index (χ0v) is 18.1. The van der Waals surface area contributed by atoms with Gasteiger partial charge in [0.2, 0.25) is 10.0 Å². The summed E-state index contributed by atoms with van der Waals surface area (Å²) < 4.78 is 40.2. The molecule has 0 saturated heterocycles. The predicted molar refractivity (Wildman–Crippen MR) is 114 cm³/mol. The number of benzene rings is 2. The summed E-state index contributed by atoms with van der Waals surface area (Å²) in [5.41, 5.74) is 1.93. The molecular weight excluding hydrogens is 429 g/mol. The summed E-state index contributed by atoms with van der Waals surface area (Å²) in [4.78, 5) is 12.6. The van der Waals surface area contributed by atoms with Gasteiger partial charge >= 0.3 is 0 Å². The van der Waals surface area contributed by atoms with Gasteiger partial charge in [0.05, 0.1) is 16.3 Å². The molecular formula is C21H19ClFN3O3S. The molecule has 0 saturated carbocycles. The van der Waals surface area contributed by atoms with Gasteiger partial charge in [-0.05, 0) is 55.5 Å². The van der Waals surface area contributed by atoms with Crippen LogP contribution in [0.3, 0.4) is 0 Å². The first kappa shape index (κ1) is 21.9. The van der Waals surface area contributed by atoms with Crippen molar-refractivity contribution < 1.29 is 17.6 Å². The van der Waals surface area contributed by atoms with Gasteiger partial charge in [-0.15, -0.1) is 0 Å². The minimum Gasteiger partial charge on any atom is -0.289 e. The van der Waals surface area contributed by atoms with E-state index >= 15 is 0 Å². The molecule has 0 amide bonds. The molecule has 0 unspecified atom stereocenters. The van der Waals surface area contributed by atoms with E-state index < -0.39 is 10.0 Å². The average molecular weight is 448 g/mol. The molecule has 30 heavy (non-hydrogen) atoms. The fraction of sp³-hybridized carbons (Fsp3) is 0.143. The third-order valence-electron chi connectivity index (χ3n) is 4.42. The number of halogens is 2. The van der Waals surface area contributed by atoms with Crippen LogP contribution in [-0.2, 0) is 10.0 Å². The van der Waals surface area contributed by atoms with Crippen molar-refractivity contribution in [2.75, 3.05) is 14.1 Å². The minimum atomic E-state index is -3.65. The topological polar surface area (TPSA) is 72.3 Å². The van der Waals surface area contributed by atoms with Gasteiger partial charge in [0, 0.05) is 25.2 Å². The molecule has 0 aliphatic carbocycles. The minimum absolute atomic E-state index is 0.0325. The Balaban J connectivity index is 1.90. The Morgan fingerprint density at radius 1 is 1.17 bits per heavy atom. The highest BCUT2D eigenvalue weighted by atomic mass is 35.5. The molecule has 0 N–H and O–H groups in total. The van der Waals surface area contributed by atoms with Crippen molar-refractivity contribution >= 4 is 33.5 Å². The van der Waals surface area contributed by atoms with E-state index in [1.807, 2.05) is 0 Å². The molecule has 3 aromatic rings. The fourth-order valence-corrected chi connectivity index (χ4v) is 4.01. The summed E-state index contributed by atoms with van der Waals surface area (Å²) in [5, 5.41) is 4.61. The summed E-state index contributed by atoms with van der Waals surface area (Å²) in [5.74, 6) is -0.751. The number of aryl methyl sites for hydroxylation is 1.